The first-order valence-electron chi connectivity index (χ1n) is 9.82. The topological polar surface area (TPSA) is 93.9 Å². The Morgan fingerprint density at radius 3 is 2.30 bits per heavy atom. The third-order valence-corrected chi connectivity index (χ3v) is 5.85. The fourth-order valence-electron chi connectivity index (χ4n) is 4.07. The molecule has 3 rings (SSSR count). The van der Waals surface area contributed by atoms with Gasteiger partial charge in [-0.25, -0.2) is 0 Å². The number of nitrogens with one attached hydrogen (secondary N) is 1. The summed E-state index contributed by atoms with van der Waals surface area (Å²) in [5.41, 5.74) is 2.14. The van der Waals surface area contributed by atoms with Crippen molar-refractivity contribution in [3.8, 4) is 11.5 Å². The fraction of sp³-hybridized carbons (Fsp3) is 0.455. The average Bonchev–Trinajstić information content (AvgIpc) is 2.75. The lowest BCUT2D eigenvalue weighted by molar-refractivity contribution is -0.384. The van der Waals surface area contributed by atoms with E-state index in [-0.39, 0.29) is 29.6 Å². The maximum atomic E-state index is 10.8. The van der Waals surface area contributed by atoms with E-state index in [0.717, 1.165) is 37.8 Å². The second-order valence-electron chi connectivity index (χ2n) is 7.61. The number of nitro groups is 1. The third-order valence-electron chi connectivity index (χ3n) is 5.85. The van der Waals surface area contributed by atoms with Crippen molar-refractivity contribution < 1.29 is 19.5 Å². The number of halogens is 1. The predicted molar refractivity (Wildman–Crippen MR) is 118 cm³/mol. The molecule has 0 heterocycles. The van der Waals surface area contributed by atoms with Crippen LogP contribution in [0.2, 0.25) is 0 Å². The molecular weight excluding hydrogens is 408 g/mol. The highest BCUT2D eigenvalue weighted by Crippen LogP contribution is 2.42. The molecule has 1 aliphatic carbocycles. The molecule has 0 radical (unpaired) electrons. The summed E-state index contributed by atoms with van der Waals surface area (Å²) in [6, 6.07) is 12.6. The largest absolute Gasteiger partial charge is 0.493 e. The van der Waals surface area contributed by atoms with Crippen molar-refractivity contribution in [2.45, 2.75) is 43.7 Å². The van der Waals surface area contributed by atoms with Crippen LogP contribution in [0.4, 0.5) is 5.69 Å². The van der Waals surface area contributed by atoms with E-state index in [0.29, 0.717) is 18.0 Å². The van der Waals surface area contributed by atoms with Gasteiger partial charge in [-0.05, 0) is 48.9 Å². The van der Waals surface area contributed by atoms with E-state index in [1.54, 1.807) is 26.4 Å². The van der Waals surface area contributed by atoms with Crippen LogP contribution >= 0.6 is 12.4 Å². The average molecular weight is 437 g/mol. The lowest BCUT2D eigenvalue weighted by Crippen LogP contribution is -2.42. The van der Waals surface area contributed by atoms with Crippen molar-refractivity contribution in [2.75, 3.05) is 20.8 Å². The minimum atomic E-state index is -0.392. The number of rotatable bonds is 8. The molecular formula is C22H29ClN2O5. The Balaban J connectivity index is 0.00000320. The first-order valence-corrected chi connectivity index (χ1v) is 9.82. The van der Waals surface area contributed by atoms with Gasteiger partial charge in [-0.2, -0.15) is 0 Å². The van der Waals surface area contributed by atoms with Crippen molar-refractivity contribution in [3.63, 3.8) is 0 Å². The number of hydrogen-bond donors (Lipinski definition) is 2. The molecule has 0 aliphatic heterocycles. The van der Waals surface area contributed by atoms with Gasteiger partial charge in [0, 0.05) is 30.6 Å². The first-order chi connectivity index (χ1) is 14.0. The van der Waals surface area contributed by atoms with Gasteiger partial charge < -0.3 is 19.9 Å². The monoisotopic (exact) mass is 436 g/mol. The smallest absolute Gasteiger partial charge is 0.269 e. The molecule has 7 nitrogen and oxygen atoms in total. The zero-order valence-electron chi connectivity index (χ0n) is 17.3. The van der Waals surface area contributed by atoms with E-state index in [4.69, 9.17) is 9.47 Å². The number of aliphatic hydroxyl groups is 1. The van der Waals surface area contributed by atoms with Crippen molar-refractivity contribution >= 4 is 18.1 Å². The van der Waals surface area contributed by atoms with Crippen LogP contribution in [-0.2, 0) is 12.0 Å². The highest BCUT2D eigenvalue weighted by atomic mass is 35.5. The van der Waals surface area contributed by atoms with Crippen molar-refractivity contribution in [3.05, 3.63) is 63.7 Å². The maximum Gasteiger partial charge on any atom is 0.269 e. The molecule has 0 bridgehead atoms. The number of ether oxygens (including phenoxy) is 2. The Morgan fingerprint density at radius 1 is 1.10 bits per heavy atom. The van der Waals surface area contributed by atoms with Gasteiger partial charge in [-0.1, -0.05) is 18.2 Å². The van der Waals surface area contributed by atoms with E-state index < -0.39 is 4.92 Å². The third kappa shape index (κ3) is 5.41. The Kier molecular flexibility index (Phi) is 8.46. The highest BCUT2D eigenvalue weighted by Gasteiger charge is 2.36. The summed E-state index contributed by atoms with van der Waals surface area (Å²) in [5, 5.41) is 24.3. The minimum Gasteiger partial charge on any atom is -0.493 e. The molecule has 1 saturated carbocycles. The Bertz CT molecular complexity index is 836. The number of aliphatic hydroxyl groups excluding tert-OH is 1. The van der Waals surface area contributed by atoms with Gasteiger partial charge >= 0.3 is 0 Å². The van der Waals surface area contributed by atoms with Crippen LogP contribution in [0.25, 0.3) is 0 Å². The Morgan fingerprint density at radius 2 is 1.73 bits per heavy atom. The number of hydrogen-bond acceptors (Lipinski definition) is 6. The maximum absolute atomic E-state index is 10.8. The van der Waals surface area contributed by atoms with Gasteiger partial charge in [0.15, 0.2) is 11.5 Å². The molecule has 30 heavy (non-hydrogen) atoms. The minimum absolute atomic E-state index is 0. The highest BCUT2D eigenvalue weighted by molar-refractivity contribution is 5.85. The summed E-state index contributed by atoms with van der Waals surface area (Å²) in [5.74, 6) is 1.40. The van der Waals surface area contributed by atoms with Gasteiger partial charge in [-0.3, -0.25) is 10.1 Å². The molecule has 2 aromatic carbocycles. The van der Waals surface area contributed by atoms with Crippen LogP contribution in [0, 0.1) is 10.1 Å². The standard InChI is InChI=1S/C22H28N2O5.ClH/c1-28-20-8-5-17(13-21(20)29-2)22(11-9-19(25)10-12-22)15-23-14-16-3-6-18(7-4-16)24(26)27;/h3-8,13,19,23,25H,9-12,14-15H2,1-2H3;1H. The molecule has 1 aliphatic rings. The predicted octanol–water partition coefficient (Wildman–Crippen LogP) is 4.00. The zero-order valence-corrected chi connectivity index (χ0v) is 18.1. The summed E-state index contributed by atoms with van der Waals surface area (Å²) in [4.78, 5) is 10.4. The van der Waals surface area contributed by atoms with Crippen LogP contribution in [0.5, 0.6) is 11.5 Å². The van der Waals surface area contributed by atoms with Crippen LogP contribution in [0.3, 0.4) is 0 Å². The Labute approximate surface area is 183 Å². The van der Waals surface area contributed by atoms with Crippen LogP contribution < -0.4 is 14.8 Å². The second kappa shape index (κ2) is 10.6. The number of methoxy groups -OCH3 is 2. The van der Waals surface area contributed by atoms with Gasteiger partial charge in [0.2, 0.25) is 0 Å². The molecule has 0 saturated heterocycles. The molecule has 0 amide bonds. The molecule has 2 aromatic rings. The van der Waals surface area contributed by atoms with Crippen LogP contribution in [-0.4, -0.2) is 36.9 Å². The Hall–Kier alpha value is -2.35. The number of benzene rings is 2. The summed E-state index contributed by atoms with van der Waals surface area (Å²) in [6.07, 6.45) is 3.01. The van der Waals surface area contributed by atoms with Crippen molar-refractivity contribution in [1.82, 2.24) is 5.32 Å². The van der Waals surface area contributed by atoms with E-state index in [2.05, 4.69) is 11.4 Å². The summed E-state index contributed by atoms with van der Waals surface area (Å²) in [6.45, 7) is 1.36. The van der Waals surface area contributed by atoms with Gasteiger partial charge in [0.1, 0.15) is 0 Å². The second-order valence-corrected chi connectivity index (χ2v) is 7.61. The molecule has 0 unspecified atom stereocenters. The lowest BCUT2D eigenvalue weighted by atomic mass is 9.68. The molecule has 0 aromatic heterocycles. The van der Waals surface area contributed by atoms with E-state index in [1.807, 2.05) is 12.1 Å². The number of nitrogens with zero attached hydrogens (tertiary/aromatic N) is 1. The quantitative estimate of drug-likeness (QED) is 0.480. The van der Waals surface area contributed by atoms with Gasteiger partial charge in [0.05, 0.1) is 25.2 Å². The normalized spacial score (nSPS) is 20.8. The van der Waals surface area contributed by atoms with E-state index >= 15 is 0 Å². The summed E-state index contributed by atoms with van der Waals surface area (Å²) in [7, 11) is 3.25. The zero-order chi connectivity index (χ0) is 20.9. The number of non-ortho nitro benzene ring substituents is 1. The number of nitro benzene ring substituents is 1. The first kappa shape index (κ1) is 23.9. The molecule has 0 atom stereocenters. The van der Waals surface area contributed by atoms with Gasteiger partial charge in [0.25, 0.3) is 5.69 Å². The van der Waals surface area contributed by atoms with Crippen LogP contribution in [0.15, 0.2) is 42.5 Å². The molecule has 164 valence electrons. The fourth-order valence-corrected chi connectivity index (χ4v) is 4.07. The summed E-state index contributed by atoms with van der Waals surface area (Å²) < 4.78 is 10.9. The van der Waals surface area contributed by atoms with E-state index in [9.17, 15) is 15.2 Å². The van der Waals surface area contributed by atoms with Gasteiger partial charge in [-0.15, -0.1) is 12.4 Å². The lowest BCUT2D eigenvalue weighted by Gasteiger charge is -2.40. The molecule has 1 fully saturated rings. The summed E-state index contributed by atoms with van der Waals surface area (Å²) >= 11 is 0. The van der Waals surface area contributed by atoms with Crippen molar-refractivity contribution in [1.29, 1.82) is 0 Å². The molecule has 8 heteroatoms. The van der Waals surface area contributed by atoms with Crippen LogP contribution in [0.1, 0.15) is 36.8 Å². The molecule has 0 spiro atoms. The molecule has 2 N–H and O–H groups in total. The van der Waals surface area contributed by atoms with E-state index in [1.165, 1.54) is 17.7 Å². The van der Waals surface area contributed by atoms with Crippen molar-refractivity contribution in [2.24, 2.45) is 0 Å². The SMILES string of the molecule is COc1ccc(C2(CNCc3ccc([N+](=O)[O-])cc3)CCC(O)CC2)cc1OC.Cl.